The molecular weight excluding hydrogens is 372 g/mol. The predicted molar refractivity (Wildman–Crippen MR) is 85.9 cm³/mol. The summed E-state index contributed by atoms with van der Waals surface area (Å²) in [5.41, 5.74) is -1.48. The van der Waals surface area contributed by atoms with Gasteiger partial charge in [-0.05, 0) is 25.0 Å². The standard InChI is InChI=1S/C15H15F2N3O5S/c16-9-5-10(17)7-11(6-9)18-12(21)8-20-13(22)15(19-14(20)23)1-3-26(24,25)4-2-15/h5-7H,1-4,8H2,(H,18,21)(H,19,23). The van der Waals surface area contributed by atoms with Gasteiger partial charge in [0.25, 0.3) is 5.91 Å². The molecule has 0 atom stereocenters. The van der Waals surface area contributed by atoms with Gasteiger partial charge in [-0.1, -0.05) is 0 Å². The predicted octanol–water partition coefficient (Wildman–Crippen LogP) is 0.402. The maximum Gasteiger partial charge on any atom is 0.325 e. The number of hydrogen-bond acceptors (Lipinski definition) is 5. The second-order valence-corrected chi connectivity index (χ2v) is 8.57. The summed E-state index contributed by atoms with van der Waals surface area (Å²) in [5, 5.41) is 4.67. The summed E-state index contributed by atoms with van der Waals surface area (Å²) in [4.78, 5) is 37.3. The summed E-state index contributed by atoms with van der Waals surface area (Å²) < 4.78 is 49.3. The fraction of sp³-hybridized carbons (Fsp3) is 0.400. The van der Waals surface area contributed by atoms with E-state index in [1.54, 1.807) is 0 Å². The lowest BCUT2D eigenvalue weighted by Crippen LogP contribution is -2.52. The van der Waals surface area contributed by atoms with Gasteiger partial charge in [0.1, 0.15) is 23.7 Å². The first-order valence-electron chi connectivity index (χ1n) is 7.71. The number of amides is 4. The number of hydrogen-bond donors (Lipinski definition) is 2. The summed E-state index contributed by atoms with van der Waals surface area (Å²) in [6, 6.07) is 1.60. The molecule has 0 aromatic heterocycles. The van der Waals surface area contributed by atoms with E-state index in [-0.39, 0.29) is 30.0 Å². The molecule has 3 rings (SSSR count). The third-order valence-corrected chi connectivity index (χ3v) is 6.03. The van der Waals surface area contributed by atoms with Crippen LogP contribution in [0.25, 0.3) is 0 Å². The van der Waals surface area contributed by atoms with Crippen LogP contribution in [0, 0.1) is 11.6 Å². The number of benzene rings is 1. The summed E-state index contributed by atoms with van der Waals surface area (Å²) >= 11 is 0. The van der Waals surface area contributed by atoms with Crippen molar-refractivity contribution in [3.8, 4) is 0 Å². The molecule has 2 aliphatic heterocycles. The van der Waals surface area contributed by atoms with Gasteiger partial charge in [0.15, 0.2) is 9.84 Å². The minimum absolute atomic E-state index is 0.0624. The van der Waals surface area contributed by atoms with E-state index in [0.29, 0.717) is 11.0 Å². The Labute approximate surface area is 147 Å². The summed E-state index contributed by atoms with van der Waals surface area (Å²) in [6.45, 7) is -0.655. The molecule has 4 amide bonds. The molecule has 140 valence electrons. The normalized spacial score (nSPS) is 20.9. The first kappa shape index (κ1) is 18.2. The Balaban J connectivity index is 1.69. The Kier molecular flexibility index (Phi) is 4.42. The number of halogens is 2. The van der Waals surface area contributed by atoms with Gasteiger partial charge >= 0.3 is 6.03 Å². The van der Waals surface area contributed by atoms with Crippen molar-refractivity contribution in [2.45, 2.75) is 18.4 Å². The van der Waals surface area contributed by atoms with Crippen LogP contribution in [0.2, 0.25) is 0 Å². The van der Waals surface area contributed by atoms with E-state index < -0.39 is 51.4 Å². The molecule has 2 N–H and O–H groups in total. The van der Waals surface area contributed by atoms with E-state index in [9.17, 15) is 31.6 Å². The van der Waals surface area contributed by atoms with Crippen LogP contribution in [0.15, 0.2) is 18.2 Å². The van der Waals surface area contributed by atoms with Crippen LogP contribution in [-0.4, -0.2) is 54.8 Å². The first-order valence-corrected chi connectivity index (χ1v) is 9.53. The zero-order valence-corrected chi connectivity index (χ0v) is 14.2. The number of anilines is 1. The van der Waals surface area contributed by atoms with Gasteiger partial charge in [0.05, 0.1) is 11.5 Å². The van der Waals surface area contributed by atoms with Crippen molar-refractivity contribution in [3.63, 3.8) is 0 Å². The molecule has 2 fully saturated rings. The molecular formula is C15H15F2N3O5S. The third kappa shape index (κ3) is 3.52. The number of rotatable bonds is 3. The smallest absolute Gasteiger partial charge is 0.324 e. The molecule has 0 aliphatic carbocycles. The van der Waals surface area contributed by atoms with E-state index in [1.165, 1.54) is 0 Å². The van der Waals surface area contributed by atoms with Gasteiger partial charge in [-0.2, -0.15) is 0 Å². The van der Waals surface area contributed by atoms with Crippen molar-refractivity contribution in [3.05, 3.63) is 29.8 Å². The molecule has 26 heavy (non-hydrogen) atoms. The average molecular weight is 387 g/mol. The molecule has 1 aromatic carbocycles. The third-order valence-electron chi connectivity index (χ3n) is 4.37. The Morgan fingerprint density at radius 1 is 1.15 bits per heavy atom. The van der Waals surface area contributed by atoms with Gasteiger partial charge in [-0.3, -0.25) is 14.5 Å². The number of carbonyl (C=O) groups excluding carboxylic acids is 3. The van der Waals surface area contributed by atoms with Crippen LogP contribution >= 0.6 is 0 Å². The zero-order chi connectivity index (χ0) is 19.1. The largest absolute Gasteiger partial charge is 0.325 e. The highest BCUT2D eigenvalue weighted by molar-refractivity contribution is 7.91. The second kappa shape index (κ2) is 6.31. The first-order chi connectivity index (χ1) is 12.1. The molecule has 0 saturated carbocycles. The van der Waals surface area contributed by atoms with E-state index in [1.807, 2.05) is 0 Å². The fourth-order valence-electron chi connectivity index (χ4n) is 3.02. The van der Waals surface area contributed by atoms with E-state index in [2.05, 4.69) is 10.6 Å². The van der Waals surface area contributed by atoms with Crippen molar-refractivity contribution in [2.75, 3.05) is 23.4 Å². The Hall–Kier alpha value is -2.56. The molecule has 0 bridgehead atoms. The highest BCUT2D eigenvalue weighted by Gasteiger charge is 2.53. The average Bonchev–Trinajstić information content (AvgIpc) is 2.74. The quantitative estimate of drug-likeness (QED) is 0.729. The topological polar surface area (TPSA) is 113 Å². The van der Waals surface area contributed by atoms with Crippen LogP contribution in [0.3, 0.4) is 0 Å². The second-order valence-electron chi connectivity index (χ2n) is 6.26. The van der Waals surface area contributed by atoms with E-state index >= 15 is 0 Å². The summed E-state index contributed by atoms with van der Waals surface area (Å²) in [5.74, 6) is -3.75. The molecule has 1 spiro atoms. The summed E-state index contributed by atoms with van der Waals surface area (Å²) in [7, 11) is -3.25. The highest BCUT2D eigenvalue weighted by atomic mass is 32.2. The molecule has 8 nitrogen and oxygen atoms in total. The maximum atomic E-state index is 13.1. The number of carbonyl (C=O) groups is 3. The lowest BCUT2D eigenvalue weighted by Gasteiger charge is -2.30. The maximum absolute atomic E-state index is 13.1. The fourth-order valence-corrected chi connectivity index (χ4v) is 4.54. The van der Waals surface area contributed by atoms with Crippen molar-refractivity contribution in [1.82, 2.24) is 10.2 Å². The van der Waals surface area contributed by atoms with Crippen molar-refractivity contribution >= 4 is 33.4 Å². The number of urea groups is 1. The number of nitrogens with one attached hydrogen (secondary N) is 2. The van der Waals surface area contributed by atoms with Crippen LogP contribution in [-0.2, 0) is 19.4 Å². The van der Waals surface area contributed by atoms with Crippen LogP contribution < -0.4 is 10.6 Å². The number of nitrogens with zero attached hydrogens (tertiary/aromatic N) is 1. The van der Waals surface area contributed by atoms with Gasteiger partial charge < -0.3 is 10.6 Å². The Morgan fingerprint density at radius 2 is 1.73 bits per heavy atom. The zero-order valence-electron chi connectivity index (χ0n) is 13.4. The molecule has 11 heteroatoms. The lowest BCUT2D eigenvalue weighted by molar-refractivity contribution is -0.134. The van der Waals surface area contributed by atoms with Crippen molar-refractivity contribution in [2.24, 2.45) is 0 Å². The monoisotopic (exact) mass is 387 g/mol. The molecule has 2 saturated heterocycles. The van der Waals surface area contributed by atoms with Crippen LogP contribution in [0.1, 0.15) is 12.8 Å². The van der Waals surface area contributed by atoms with Gasteiger partial charge in [0.2, 0.25) is 5.91 Å². The van der Waals surface area contributed by atoms with E-state index in [0.717, 1.165) is 12.1 Å². The Bertz CT molecular complexity index is 868. The SMILES string of the molecule is O=C(CN1C(=O)NC2(CCS(=O)(=O)CC2)C1=O)Nc1cc(F)cc(F)c1. The van der Waals surface area contributed by atoms with Crippen molar-refractivity contribution in [1.29, 1.82) is 0 Å². The highest BCUT2D eigenvalue weighted by Crippen LogP contribution is 2.30. The molecule has 0 unspecified atom stereocenters. The minimum Gasteiger partial charge on any atom is -0.324 e. The van der Waals surface area contributed by atoms with Crippen LogP contribution in [0.5, 0.6) is 0 Å². The Morgan fingerprint density at radius 3 is 2.31 bits per heavy atom. The van der Waals surface area contributed by atoms with Crippen molar-refractivity contribution < 1.29 is 31.6 Å². The van der Waals surface area contributed by atoms with Gasteiger partial charge in [-0.15, -0.1) is 0 Å². The van der Waals surface area contributed by atoms with Gasteiger partial charge in [0, 0.05) is 11.8 Å². The lowest BCUT2D eigenvalue weighted by atomic mass is 9.92. The number of sulfone groups is 1. The number of imide groups is 1. The molecule has 2 aliphatic rings. The van der Waals surface area contributed by atoms with Gasteiger partial charge in [-0.25, -0.2) is 22.0 Å². The molecule has 0 radical (unpaired) electrons. The van der Waals surface area contributed by atoms with Crippen LogP contribution in [0.4, 0.5) is 19.3 Å². The molecule has 2 heterocycles. The summed E-state index contributed by atoms with van der Waals surface area (Å²) in [6.07, 6.45) is -0.125. The van der Waals surface area contributed by atoms with E-state index in [4.69, 9.17) is 0 Å². The molecule has 1 aromatic rings. The minimum atomic E-state index is -3.25.